The number of hydrogen-bond acceptors (Lipinski definition) is 17. The Morgan fingerprint density at radius 1 is 0.850 bits per heavy atom. The van der Waals surface area contributed by atoms with Gasteiger partial charge in [-0.25, -0.2) is 0 Å². The molecule has 1 amide bonds. The molecule has 6 unspecified atom stereocenters. The lowest BCUT2D eigenvalue weighted by atomic mass is 9.83. The SMILES string of the molecule is NCC[C@H](O)C(=O)N[C@@H]1C[C@@H](N)[C@@H](O[C@H]2OC(CN)[C@@H](O)[C@H](O)C2N)C(O)C1O[C@H]1OC(CO)[C@@H](O)[C@H](N)C1O. The van der Waals surface area contributed by atoms with Crippen LogP contribution in [0.5, 0.6) is 0 Å². The van der Waals surface area contributed by atoms with Crippen molar-refractivity contribution in [2.45, 2.75) is 111 Å². The molecule has 1 saturated carbocycles. The van der Waals surface area contributed by atoms with Gasteiger partial charge in [-0.1, -0.05) is 0 Å². The van der Waals surface area contributed by atoms with Crippen LogP contribution in [0.25, 0.3) is 0 Å². The number of nitrogens with two attached hydrogens (primary N) is 5. The normalized spacial score (nSPS) is 47.0. The van der Waals surface area contributed by atoms with Crippen LogP contribution in [-0.2, 0) is 23.7 Å². The summed E-state index contributed by atoms with van der Waals surface area (Å²) in [6.45, 7) is -0.817. The number of aliphatic hydroxyl groups excluding tert-OH is 7. The maximum absolute atomic E-state index is 12.6. The molecule has 18 heteroatoms. The predicted molar refractivity (Wildman–Crippen MR) is 133 cm³/mol. The van der Waals surface area contributed by atoms with E-state index in [1.54, 1.807) is 0 Å². The second kappa shape index (κ2) is 14.3. The van der Waals surface area contributed by atoms with Gasteiger partial charge in [-0.2, -0.15) is 0 Å². The number of aliphatic hydroxyl groups is 7. The first-order valence-electron chi connectivity index (χ1n) is 13.1. The van der Waals surface area contributed by atoms with Gasteiger partial charge in [0.25, 0.3) is 0 Å². The highest BCUT2D eigenvalue weighted by atomic mass is 16.7. The Morgan fingerprint density at radius 2 is 1.48 bits per heavy atom. The lowest BCUT2D eigenvalue weighted by molar-refractivity contribution is -0.319. The van der Waals surface area contributed by atoms with Gasteiger partial charge in [0.2, 0.25) is 5.91 Å². The third-order valence-electron chi connectivity index (χ3n) is 7.59. The summed E-state index contributed by atoms with van der Waals surface area (Å²) in [5, 5.41) is 74.8. The van der Waals surface area contributed by atoms with Crippen molar-refractivity contribution in [3.8, 4) is 0 Å². The second-order valence-corrected chi connectivity index (χ2v) is 10.4. The topological polar surface area (TPSA) is 338 Å². The summed E-state index contributed by atoms with van der Waals surface area (Å²) >= 11 is 0. The van der Waals surface area contributed by atoms with Gasteiger partial charge in [-0.15, -0.1) is 0 Å². The van der Waals surface area contributed by atoms with Gasteiger partial charge < -0.3 is 88.7 Å². The van der Waals surface area contributed by atoms with Crippen LogP contribution in [0.15, 0.2) is 0 Å². The minimum absolute atomic E-state index is 0.0219. The maximum atomic E-state index is 12.6. The predicted octanol–water partition coefficient (Wildman–Crippen LogP) is -8.46. The maximum Gasteiger partial charge on any atom is 0.249 e. The van der Waals surface area contributed by atoms with E-state index in [2.05, 4.69) is 5.32 Å². The molecular formula is C22H44N6O12. The fourth-order valence-electron chi connectivity index (χ4n) is 5.11. The first-order valence-corrected chi connectivity index (χ1v) is 13.1. The smallest absolute Gasteiger partial charge is 0.249 e. The Bertz CT molecular complexity index is 816. The van der Waals surface area contributed by atoms with E-state index in [-0.39, 0.29) is 25.9 Å². The van der Waals surface area contributed by atoms with Crippen molar-refractivity contribution >= 4 is 5.91 Å². The fraction of sp³-hybridized carbons (Fsp3) is 0.955. The van der Waals surface area contributed by atoms with E-state index in [0.717, 1.165) is 0 Å². The van der Waals surface area contributed by atoms with Crippen LogP contribution in [0.1, 0.15) is 12.8 Å². The minimum atomic E-state index is -1.66. The quantitative estimate of drug-likeness (QED) is 0.113. The summed E-state index contributed by atoms with van der Waals surface area (Å²) in [6.07, 6.45) is -17.1. The van der Waals surface area contributed by atoms with E-state index in [4.69, 9.17) is 47.6 Å². The van der Waals surface area contributed by atoms with Gasteiger partial charge in [0, 0.05) is 12.6 Å². The third-order valence-corrected chi connectivity index (χ3v) is 7.59. The lowest BCUT2D eigenvalue weighted by Crippen LogP contribution is -2.70. The van der Waals surface area contributed by atoms with Crippen LogP contribution in [0.4, 0.5) is 0 Å². The van der Waals surface area contributed by atoms with E-state index in [1.807, 2.05) is 0 Å². The number of amides is 1. The zero-order valence-corrected chi connectivity index (χ0v) is 21.8. The Balaban J connectivity index is 1.85. The van der Waals surface area contributed by atoms with Crippen LogP contribution in [0, 0.1) is 0 Å². The fourth-order valence-corrected chi connectivity index (χ4v) is 5.11. The largest absolute Gasteiger partial charge is 0.394 e. The summed E-state index contributed by atoms with van der Waals surface area (Å²) in [5.41, 5.74) is 29.2. The molecule has 18 N–H and O–H groups in total. The van der Waals surface area contributed by atoms with Crippen molar-refractivity contribution in [2.75, 3.05) is 19.7 Å². The molecule has 234 valence electrons. The molecule has 0 bridgehead atoms. The van der Waals surface area contributed by atoms with Gasteiger partial charge in [0.1, 0.15) is 61.0 Å². The molecule has 0 aromatic carbocycles. The van der Waals surface area contributed by atoms with Gasteiger partial charge in [0.05, 0.1) is 24.7 Å². The number of nitrogens with one attached hydrogen (secondary N) is 1. The van der Waals surface area contributed by atoms with Crippen molar-refractivity contribution in [1.29, 1.82) is 0 Å². The van der Waals surface area contributed by atoms with Crippen molar-refractivity contribution in [3.63, 3.8) is 0 Å². The van der Waals surface area contributed by atoms with Crippen molar-refractivity contribution in [1.82, 2.24) is 5.32 Å². The van der Waals surface area contributed by atoms with E-state index in [1.165, 1.54) is 0 Å². The minimum Gasteiger partial charge on any atom is -0.394 e. The molecule has 1 aliphatic carbocycles. The summed E-state index contributed by atoms with van der Waals surface area (Å²) < 4.78 is 22.8. The van der Waals surface area contributed by atoms with E-state index in [0.29, 0.717) is 0 Å². The zero-order chi connectivity index (χ0) is 29.9. The van der Waals surface area contributed by atoms with E-state index < -0.39 is 110 Å². The van der Waals surface area contributed by atoms with Gasteiger partial charge in [0.15, 0.2) is 12.6 Å². The van der Waals surface area contributed by atoms with Crippen LogP contribution < -0.4 is 34.0 Å². The van der Waals surface area contributed by atoms with E-state index in [9.17, 15) is 40.5 Å². The first kappa shape index (κ1) is 33.3. The Kier molecular flexibility index (Phi) is 11.9. The monoisotopic (exact) mass is 584 g/mol. The third kappa shape index (κ3) is 7.06. The molecule has 2 heterocycles. The molecule has 40 heavy (non-hydrogen) atoms. The average molecular weight is 585 g/mol. The van der Waals surface area contributed by atoms with Crippen LogP contribution in [-0.4, -0.2) is 159 Å². The molecule has 0 aromatic heterocycles. The average Bonchev–Trinajstić information content (AvgIpc) is 2.92. The molecule has 3 aliphatic rings. The van der Waals surface area contributed by atoms with Gasteiger partial charge in [-0.3, -0.25) is 4.79 Å². The molecule has 0 aromatic rings. The first-order chi connectivity index (χ1) is 18.9. The highest BCUT2D eigenvalue weighted by Gasteiger charge is 2.52. The molecule has 2 saturated heterocycles. The number of rotatable bonds is 10. The Labute approximate surface area is 230 Å². The van der Waals surface area contributed by atoms with Crippen molar-refractivity contribution in [3.05, 3.63) is 0 Å². The number of ether oxygens (including phenoxy) is 4. The summed E-state index contributed by atoms with van der Waals surface area (Å²) in [5.74, 6) is -0.825. The van der Waals surface area contributed by atoms with Crippen LogP contribution in [0.3, 0.4) is 0 Å². The zero-order valence-electron chi connectivity index (χ0n) is 21.8. The summed E-state index contributed by atoms with van der Waals surface area (Å²) in [6, 6.07) is -4.61. The molecule has 16 atom stereocenters. The van der Waals surface area contributed by atoms with Crippen LogP contribution in [0.2, 0.25) is 0 Å². The molecule has 2 aliphatic heterocycles. The Hall–Kier alpha value is -1.17. The Morgan fingerprint density at radius 3 is 2.08 bits per heavy atom. The standard InChI is InChI=1S/C22H44N6O12/c23-2-1-8(30)20(36)28-7-3-6(25)18(39-21-12(27)15(33)14(32)9(4-24)37-21)17(35)19(7)40-22-16(34)11(26)13(31)10(5-29)38-22/h6-19,21-22,29-35H,1-5,23-27H2,(H,28,36)/t6-,7-,8+,9?,10?,11+,12?,13-,14-,15-,16?,17?,18-,19?,21-,22-/m1/s1. The molecule has 18 nitrogen and oxygen atoms in total. The van der Waals surface area contributed by atoms with Crippen molar-refractivity contribution in [2.24, 2.45) is 28.7 Å². The summed E-state index contributed by atoms with van der Waals surface area (Å²) in [7, 11) is 0. The molecule has 3 rings (SSSR count). The van der Waals surface area contributed by atoms with Gasteiger partial charge >= 0.3 is 0 Å². The number of carbonyl (C=O) groups excluding carboxylic acids is 1. The lowest BCUT2D eigenvalue weighted by Gasteiger charge is -2.49. The molecule has 3 fully saturated rings. The van der Waals surface area contributed by atoms with Gasteiger partial charge in [-0.05, 0) is 19.4 Å². The summed E-state index contributed by atoms with van der Waals surface area (Å²) in [4.78, 5) is 12.6. The highest BCUT2D eigenvalue weighted by molar-refractivity contribution is 5.80. The molecule has 0 spiro atoms. The number of carbonyl (C=O) groups is 1. The highest BCUT2D eigenvalue weighted by Crippen LogP contribution is 2.31. The molecule has 0 radical (unpaired) electrons. The second-order valence-electron chi connectivity index (χ2n) is 10.4. The van der Waals surface area contributed by atoms with Crippen LogP contribution >= 0.6 is 0 Å². The molecular weight excluding hydrogens is 540 g/mol. The van der Waals surface area contributed by atoms with E-state index >= 15 is 0 Å². The van der Waals surface area contributed by atoms with Crippen molar-refractivity contribution < 1.29 is 59.5 Å². The number of hydrogen-bond donors (Lipinski definition) is 13.